The van der Waals surface area contributed by atoms with Crippen molar-refractivity contribution < 1.29 is 9.90 Å². The summed E-state index contributed by atoms with van der Waals surface area (Å²) in [4.78, 5) is 22.5. The van der Waals surface area contributed by atoms with E-state index in [0.29, 0.717) is 18.5 Å². The van der Waals surface area contributed by atoms with Crippen LogP contribution in [-0.4, -0.2) is 56.4 Å². The van der Waals surface area contributed by atoms with E-state index in [1.54, 1.807) is 6.07 Å². The van der Waals surface area contributed by atoms with Crippen LogP contribution >= 0.6 is 0 Å². The second-order valence-electron chi connectivity index (χ2n) is 6.08. The van der Waals surface area contributed by atoms with Crippen LogP contribution in [0.25, 0.3) is 0 Å². The highest BCUT2D eigenvalue weighted by Gasteiger charge is 2.34. The average molecular weight is 328 g/mol. The molecule has 0 aliphatic carbocycles. The lowest BCUT2D eigenvalue weighted by Gasteiger charge is -2.39. The molecule has 0 spiro atoms. The van der Waals surface area contributed by atoms with Crippen molar-refractivity contribution in [2.24, 2.45) is 0 Å². The molecule has 126 valence electrons. The molecule has 3 heterocycles. The maximum absolute atomic E-state index is 12.1. The van der Waals surface area contributed by atoms with Crippen LogP contribution in [0.4, 0.5) is 5.82 Å². The van der Waals surface area contributed by atoms with Gasteiger partial charge in [0.05, 0.1) is 23.6 Å². The first-order valence-electron chi connectivity index (χ1n) is 7.87. The Hall–Kier alpha value is -2.61. The van der Waals surface area contributed by atoms with Crippen LogP contribution in [0.5, 0.6) is 0 Å². The van der Waals surface area contributed by atoms with Crippen molar-refractivity contribution in [1.82, 2.24) is 25.5 Å². The molecule has 1 amide bonds. The highest BCUT2D eigenvalue weighted by atomic mass is 16.3. The zero-order valence-electron chi connectivity index (χ0n) is 13.5. The molecule has 0 bridgehead atoms. The molecule has 1 aliphatic heterocycles. The number of piperidine rings is 1. The minimum absolute atomic E-state index is 0.175. The Morgan fingerprint density at radius 3 is 3.04 bits per heavy atom. The monoisotopic (exact) mass is 328 g/mol. The summed E-state index contributed by atoms with van der Waals surface area (Å²) >= 11 is 0. The number of rotatable bonds is 4. The van der Waals surface area contributed by atoms with E-state index in [1.807, 2.05) is 17.9 Å². The molecule has 0 aromatic carbocycles. The fraction of sp³-hybridized carbons (Fsp3) is 0.438. The predicted octanol–water partition coefficient (Wildman–Crippen LogP) is 0.336. The third kappa shape index (κ3) is 3.83. The SMILES string of the molecule is Cc1cc(N2CCC[C@](O)(CNC(=O)c3ccnnc3)C2)ncn1. The van der Waals surface area contributed by atoms with E-state index >= 15 is 0 Å². The summed E-state index contributed by atoms with van der Waals surface area (Å²) in [6.45, 7) is 3.32. The maximum atomic E-state index is 12.1. The van der Waals surface area contributed by atoms with Gasteiger partial charge in [-0.05, 0) is 25.8 Å². The Morgan fingerprint density at radius 2 is 2.29 bits per heavy atom. The van der Waals surface area contributed by atoms with Gasteiger partial charge in [-0.3, -0.25) is 4.79 Å². The molecule has 8 heteroatoms. The van der Waals surface area contributed by atoms with E-state index < -0.39 is 5.60 Å². The fourth-order valence-corrected chi connectivity index (χ4v) is 2.84. The smallest absolute Gasteiger partial charge is 0.253 e. The van der Waals surface area contributed by atoms with Crippen LogP contribution in [0.1, 0.15) is 28.9 Å². The highest BCUT2D eigenvalue weighted by molar-refractivity contribution is 5.93. The largest absolute Gasteiger partial charge is 0.386 e. The molecular weight excluding hydrogens is 308 g/mol. The summed E-state index contributed by atoms with van der Waals surface area (Å²) in [5.41, 5.74) is 0.313. The molecule has 3 rings (SSSR count). The number of aliphatic hydroxyl groups is 1. The van der Waals surface area contributed by atoms with Gasteiger partial charge in [-0.15, -0.1) is 0 Å². The predicted molar refractivity (Wildman–Crippen MR) is 87.5 cm³/mol. The molecule has 1 saturated heterocycles. The van der Waals surface area contributed by atoms with Gasteiger partial charge < -0.3 is 15.3 Å². The minimum Gasteiger partial charge on any atom is -0.386 e. The summed E-state index contributed by atoms with van der Waals surface area (Å²) in [6, 6.07) is 3.48. The van der Waals surface area contributed by atoms with Gasteiger partial charge in [0.1, 0.15) is 12.1 Å². The molecule has 1 fully saturated rings. The van der Waals surface area contributed by atoms with Crippen LogP contribution in [0.15, 0.2) is 30.9 Å². The minimum atomic E-state index is -0.993. The number of nitrogens with zero attached hydrogens (tertiary/aromatic N) is 5. The Kier molecular flexibility index (Phi) is 4.66. The van der Waals surface area contributed by atoms with Gasteiger partial charge in [-0.25, -0.2) is 9.97 Å². The van der Waals surface area contributed by atoms with Crippen molar-refractivity contribution in [2.45, 2.75) is 25.4 Å². The summed E-state index contributed by atoms with van der Waals surface area (Å²) < 4.78 is 0. The number of hydrogen-bond acceptors (Lipinski definition) is 7. The zero-order chi connectivity index (χ0) is 17.0. The van der Waals surface area contributed by atoms with E-state index in [-0.39, 0.29) is 12.5 Å². The number of carbonyl (C=O) groups excluding carboxylic acids is 1. The van der Waals surface area contributed by atoms with E-state index in [0.717, 1.165) is 24.5 Å². The van der Waals surface area contributed by atoms with Crippen LogP contribution in [0.2, 0.25) is 0 Å². The fourth-order valence-electron chi connectivity index (χ4n) is 2.84. The number of aromatic nitrogens is 4. The maximum Gasteiger partial charge on any atom is 0.253 e. The number of carbonyl (C=O) groups is 1. The zero-order valence-corrected chi connectivity index (χ0v) is 13.5. The number of amides is 1. The summed E-state index contributed by atoms with van der Waals surface area (Å²) in [7, 11) is 0. The lowest BCUT2D eigenvalue weighted by atomic mass is 9.92. The number of anilines is 1. The molecule has 2 aromatic rings. The lowest BCUT2D eigenvalue weighted by molar-refractivity contribution is 0.0254. The molecular formula is C16H20N6O2. The molecule has 1 atom stereocenters. The van der Waals surface area contributed by atoms with Gasteiger partial charge in [0.15, 0.2) is 0 Å². The van der Waals surface area contributed by atoms with Gasteiger partial charge in [0, 0.05) is 31.4 Å². The van der Waals surface area contributed by atoms with Gasteiger partial charge in [0.25, 0.3) is 5.91 Å². The molecule has 2 aromatic heterocycles. The molecule has 0 saturated carbocycles. The van der Waals surface area contributed by atoms with Crippen molar-refractivity contribution in [3.63, 3.8) is 0 Å². The number of hydrogen-bond donors (Lipinski definition) is 2. The average Bonchev–Trinajstić information content (AvgIpc) is 2.60. The molecule has 0 unspecified atom stereocenters. The summed E-state index contributed by atoms with van der Waals surface area (Å²) in [5, 5.41) is 20.9. The first kappa shape index (κ1) is 16.3. The standard InChI is InChI=1S/C16H20N6O2/c1-12-7-14(19-11-18-12)22-6-2-4-16(24,10-22)9-17-15(23)13-3-5-20-21-8-13/h3,5,7-8,11,24H,2,4,6,9-10H2,1H3,(H,17,23)/t16-/m0/s1. The van der Waals surface area contributed by atoms with E-state index in [9.17, 15) is 9.90 Å². The molecule has 2 N–H and O–H groups in total. The second kappa shape index (κ2) is 6.88. The molecule has 8 nitrogen and oxygen atoms in total. The van der Waals surface area contributed by atoms with E-state index in [2.05, 4.69) is 25.5 Å². The van der Waals surface area contributed by atoms with Gasteiger partial charge in [-0.1, -0.05) is 0 Å². The first-order valence-corrected chi connectivity index (χ1v) is 7.87. The van der Waals surface area contributed by atoms with Crippen molar-refractivity contribution >= 4 is 11.7 Å². The molecule has 24 heavy (non-hydrogen) atoms. The van der Waals surface area contributed by atoms with Crippen molar-refractivity contribution in [3.05, 3.63) is 42.1 Å². The Balaban J connectivity index is 1.63. The third-order valence-electron chi connectivity index (χ3n) is 4.09. The van der Waals surface area contributed by atoms with Crippen LogP contribution in [0.3, 0.4) is 0 Å². The Bertz CT molecular complexity index is 711. The van der Waals surface area contributed by atoms with Gasteiger partial charge in [0.2, 0.25) is 0 Å². The molecule has 1 aliphatic rings. The van der Waals surface area contributed by atoms with Crippen LogP contribution in [0, 0.1) is 6.92 Å². The number of aryl methyl sites for hydroxylation is 1. The van der Waals surface area contributed by atoms with Gasteiger partial charge in [-0.2, -0.15) is 10.2 Å². The molecule has 0 radical (unpaired) electrons. The summed E-state index contributed by atoms with van der Waals surface area (Å²) in [6.07, 6.45) is 5.84. The van der Waals surface area contributed by atoms with Gasteiger partial charge >= 0.3 is 0 Å². The summed E-state index contributed by atoms with van der Waals surface area (Å²) in [5.74, 6) is 0.526. The van der Waals surface area contributed by atoms with E-state index in [1.165, 1.54) is 18.7 Å². The van der Waals surface area contributed by atoms with Crippen molar-refractivity contribution in [3.8, 4) is 0 Å². The Morgan fingerprint density at radius 1 is 1.42 bits per heavy atom. The topological polar surface area (TPSA) is 104 Å². The highest BCUT2D eigenvalue weighted by Crippen LogP contribution is 2.24. The van der Waals surface area contributed by atoms with Crippen molar-refractivity contribution in [2.75, 3.05) is 24.5 Å². The van der Waals surface area contributed by atoms with E-state index in [4.69, 9.17) is 0 Å². The second-order valence-corrected chi connectivity index (χ2v) is 6.08. The van der Waals surface area contributed by atoms with Crippen molar-refractivity contribution in [1.29, 1.82) is 0 Å². The number of β-amino-alcohol motifs (C(OH)–C–C–N with tert-alkyl or cyclic N) is 1. The normalized spacial score (nSPS) is 20.7. The van der Waals surface area contributed by atoms with Crippen LogP contribution < -0.4 is 10.2 Å². The third-order valence-corrected chi connectivity index (χ3v) is 4.09. The Labute approximate surface area is 140 Å². The lowest BCUT2D eigenvalue weighted by Crippen LogP contribution is -2.54. The first-order chi connectivity index (χ1) is 11.6. The number of nitrogens with one attached hydrogen (secondary N) is 1. The quantitative estimate of drug-likeness (QED) is 0.834. The van der Waals surface area contributed by atoms with Crippen LogP contribution in [-0.2, 0) is 0 Å².